The lowest BCUT2D eigenvalue weighted by Crippen LogP contribution is -2.31. The molecule has 10 heteroatoms. The monoisotopic (exact) mass is 332 g/mol. The molecule has 0 fully saturated rings. The van der Waals surface area contributed by atoms with Crippen LogP contribution in [0.15, 0.2) is 6.20 Å². The van der Waals surface area contributed by atoms with Crippen LogP contribution in [0.4, 0.5) is 5.82 Å². The molecule has 0 unspecified atom stereocenters. The summed E-state index contributed by atoms with van der Waals surface area (Å²) >= 11 is 0. The zero-order valence-electron chi connectivity index (χ0n) is 13.2. The van der Waals surface area contributed by atoms with Gasteiger partial charge in [-0.25, -0.2) is 13.1 Å². The highest BCUT2D eigenvalue weighted by atomic mass is 32.2. The SMILES string of the molecule is CCN(CC)CCCNC(=O)Cn1cc(NS(C)(=O)=O)nn1. The Bertz CT molecular complexity index is 567. The highest BCUT2D eigenvalue weighted by Gasteiger charge is 2.09. The molecule has 0 aromatic carbocycles. The fraction of sp³-hybridized carbons (Fsp3) is 0.750. The molecule has 0 aliphatic rings. The summed E-state index contributed by atoms with van der Waals surface area (Å²) in [7, 11) is -3.39. The van der Waals surface area contributed by atoms with Gasteiger partial charge in [-0.3, -0.25) is 9.52 Å². The van der Waals surface area contributed by atoms with Gasteiger partial charge in [0.15, 0.2) is 5.82 Å². The first-order chi connectivity index (χ1) is 10.3. The molecule has 0 aliphatic carbocycles. The summed E-state index contributed by atoms with van der Waals surface area (Å²) in [6.07, 6.45) is 3.27. The van der Waals surface area contributed by atoms with Crippen LogP contribution in [0.3, 0.4) is 0 Å². The lowest BCUT2D eigenvalue weighted by molar-refractivity contribution is -0.121. The van der Waals surface area contributed by atoms with Gasteiger partial charge in [0.1, 0.15) is 6.54 Å². The van der Waals surface area contributed by atoms with Crippen LogP contribution in [0.5, 0.6) is 0 Å². The first-order valence-electron chi connectivity index (χ1n) is 7.21. The lowest BCUT2D eigenvalue weighted by Gasteiger charge is -2.17. The van der Waals surface area contributed by atoms with Crippen molar-refractivity contribution in [2.75, 3.05) is 37.2 Å². The van der Waals surface area contributed by atoms with Gasteiger partial charge in [-0.05, 0) is 26.1 Å². The predicted octanol–water partition coefficient (Wildman–Crippen LogP) is -0.502. The second-order valence-electron chi connectivity index (χ2n) is 4.91. The molecule has 0 radical (unpaired) electrons. The summed E-state index contributed by atoms with van der Waals surface area (Å²) in [4.78, 5) is 14.0. The number of aromatic nitrogens is 3. The van der Waals surface area contributed by atoms with Gasteiger partial charge in [-0.15, -0.1) is 5.10 Å². The molecule has 0 bridgehead atoms. The number of amides is 1. The molecule has 1 aromatic heterocycles. The number of hydrogen-bond donors (Lipinski definition) is 2. The largest absolute Gasteiger partial charge is 0.354 e. The third-order valence-electron chi connectivity index (χ3n) is 3.00. The number of carbonyl (C=O) groups is 1. The fourth-order valence-corrected chi connectivity index (χ4v) is 2.36. The fourth-order valence-electron chi connectivity index (χ4n) is 1.89. The molecule has 9 nitrogen and oxygen atoms in total. The molecule has 1 amide bonds. The van der Waals surface area contributed by atoms with Crippen molar-refractivity contribution in [3.8, 4) is 0 Å². The van der Waals surface area contributed by atoms with Crippen molar-refractivity contribution in [1.82, 2.24) is 25.2 Å². The maximum absolute atomic E-state index is 11.7. The Hall–Kier alpha value is -1.68. The predicted molar refractivity (Wildman–Crippen MR) is 83.9 cm³/mol. The van der Waals surface area contributed by atoms with E-state index in [-0.39, 0.29) is 18.3 Å². The van der Waals surface area contributed by atoms with Crippen molar-refractivity contribution in [3.63, 3.8) is 0 Å². The van der Waals surface area contributed by atoms with Gasteiger partial charge in [-0.2, -0.15) is 0 Å². The minimum atomic E-state index is -3.39. The average Bonchev–Trinajstić information content (AvgIpc) is 2.83. The quantitative estimate of drug-likeness (QED) is 0.559. The van der Waals surface area contributed by atoms with Crippen molar-refractivity contribution in [3.05, 3.63) is 6.20 Å². The summed E-state index contributed by atoms with van der Waals surface area (Å²) in [6.45, 7) is 7.75. The Balaban J connectivity index is 2.30. The van der Waals surface area contributed by atoms with E-state index in [1.54, 1.807) is 0 Å². The van der Waals surface area contributed by atoms with E-state index in [1.165, 1.54) is 10.9 Å². The molecule has 0 spiro atoms. The number of rotatable bonds is 10. The standard InChI is InChI=1S/C12H24N6O3S/c1-4-17(5-2)8-6-7-13-12(19)10-18-9-11(14-16-18)15-22(3,20)21/h9,15H,4-8,10H2,1-3H3,(H,13,19). The molecule has 0 aliphatic heterocycles. The summed E-state index contributed by atoms with van der Waals surface area (Å²) in [6, 6.07) is 0. The molecule has 1 rings (SSSR count). The molecular formula is C12H24N6O3S. The Kier molecular flexibility index (Phi) is 7.25. The average molecular weight is 332 g/mol. The van der Waals surface area contributed by atoms with Crippen molar-refractivity contribution >= 4 is 21.7 Å². The number of nitrogens with one attached hydrogen (secondary N) is 2. The van der Waals surface area contributed by atoms with E-state index >= 15 is 0 Å². The van der Waals surface area contributed by atoms with Crippen LogP contribution in [0, 0.1) is 0 Å². The van der Waals surface area contributed by atoms with Crippen LogP contribution in [-0.2, 0) is 21.4 Å². The number of anilines is 1. The molecule has 2 N–H and O–H groups in total. The summed E-state index contributed by atoms with van der Waals surface area (Å²) in [5.74, 6) is -0.0906. The number of nitrogens with zero attached hydrogens (tertiary/aromatic N) is 4. The molecule has 22 heavy (non-hydrogen) atoms. The van der Waals surface area contributed by atoms with Crippen molar-refractivity contribution in [1.29, 1.82) is 0 Å². The smallest absolute Gasteiger partial charge is 0.241 e. The minimum Gasteiger partial charge on any atom is -0.354 e. The van der Waals surface area contributed by atoms with E-state index in [1.807, 2.05) is 0 Å². The zero-order chi connectivity index (χ0) is 16.6. The van der Waals surface area contributed by atoms with E-state index in [4.69, 9.17) is 0 Å². The van der Waals surface area contributed by atoms with Gasteiger partial charge in [-0.1, -0.05) is 19.1 Å². The van der Waals surface area contributed by atoms with Crippen LogP contribution < -0.4 is 10.0 Å². The van der Waals surface area contributed by atoms with Gasteiger partial charge < -0.3 is 10.2 Å². The number of hydrogen-bond acceptors (Lipinski definition) is 6. The number of sulfonamides is 1. The van der Waals surface area contributed by atoms with Gasteiger partial charge >= 0.3 is 0 Å². The van der Waals surface area contributed by atoms with Gasteiger partial charge in [0, 0.05) is 6.54 Å². The third-order valence-corrected chi connectivity index (χ3v) is 3.58. The van der Waals surface area contributed by atoms with Crippen LogP contribution >= 0.6 is 0 Å². The maximum atomic E-state index is 11.7. The summed E-state index contributed by atoms with van der Waals surface area (Å²) in [5.41, 5.74) is 0. The van der Waals surface area contributed by atoms with Crippen LogP contribution in [-0.4, -0.2) is 66.7 Å². The molecule has 0 saturated carbocycles. The normalized spacial score (nSPS) is 11.6. The van der Waals surface area contributed by atoms with E-state index < -0.39 is 10.0 Å². The zero-order valence-corrected chi connectivity index (χ0v) is 14.1. The van der Waals surface area contributed by atoms with E-state index in [9.17, 15) is 13.2 Å². The highest BCUT2D eigenvalue weighted by Crippen LogP contribution is 2.01. The molecule has 0 atom stereocenters. The summed E-state index contributed by atoms with van der Waals surface area (Å²) in [5, 5.41) is 10.1. The maximum Gasteiger partial charge on any atom is 0.241 e. The summed E-state index contributed by atoms with van der Waals surface area (Å²) < 4.78 is 25.6. The Labute approximate surface area is 131 Å². The second kappa shape index (κ2) is 8.69. The highest BCUT2D eigenvalue weighted by molar-refractivity contribution is 7.92. The van der Waals surface area contributed by atoms with Gasteiger partial charge in [0.05, 0.1) is 12.5 Å². The van der Waals surface area contributed by atoms with Crippen molar-refractivity contribution < 1.29 is 13.2 Å². The Morgan fingerprint density at radius 3 is 2.64 bits per heavy atom. The molecule has 1 aromatic rings. The second-order valence-corrected chi connectivity index (χ2v) is 6.65. The van der Waals surface area contributed by atoms with Crippen molar-refractivity contribution in [2.45, 2.75) is 26.8 Å². The number of carbonyl (C=O) groups excluding carboxylic acids is 1. The topological polar surface area (TPSA) is 109 Å². The van der Waals surface area contributed by atoms with E-state index in [0.29, 0.717) is 6.54 Å². The first-order valence-corrected chi connectivity index (χ1v) is 9.10. The Morgan fingerprint density at radius 2 is 2.05 bits per heavy atom. The molecule has 1 heterocycles. The minimum absolute atomic E-state index is 0.00368. The molecule has 0 saturated heterocycles. The van der Waals surface area contributed by atoms with Gasteiger partial charge in [0.2, 0.25) is 15.9 Å². The van der Waals surface area contributed by atoms with Crippen LogP contribution in [0.2, 0.25) is 0 Å². The van der Waals surface area contributed by atoms with E-state index in [2.05, 4.69) is 39.1 Å². The van der Waals surface area contributed by atoms with Crippen LogP contribution in [0.1, 0.15) is 20.3 Å². The molecular weight excluding hydrogens is 308 g/mol. The van der Waals surface area contributed by atoms with Crippen molar-refractivity contribution in [2.24, 2.45) is 0 Å². The first kappa shape index (κ1) is 18.4. The Morgan fingerprint density at radius 1 is 1.36 bits per heavy atom. The molecule has 126 valence electrons. The van der Waals surface area contributed by atoms with Gasteiger partial charge in [0.25, 0.3) is 0 Å². The lowest BCUT2D eigenvalue weighted by atomic mass is 10.3. The third kappa shape index (κ3) is 7.36. The van der Waals surface area contributed by atoms with E-state index in [0.717, 1.165) is 32.3 Å². The van der Waals surface area contributed by atoms with Crippen LogP contribution in [0.25, 0.3) is 0 Å².